The molecular formula is C17H25BrO3. The first kappa shape index (κ1) is 16.6. The summed E-state index contributed by atoms with van der Waals surface area (Å²) in [4.78, 5) is 0. The summed E-state index contributed by atoms with van der Waals surface area (Å²) in [5.74, 6) is 2.05. The van der Waals surface area contributed by atoms with Crippen LogP contribution in [0.5, 0.6) is 11.5 Å². The Morgan fingerprint density at radius 1 is 1.10 bits per heavy atom. The van der Waals surface area contributed by atoms with E-state index in [4.69, 9.17) is 9.47 Å². The largest absolute Gasteiger partial charge is 0.496 e. The van der Waals surface area contributed by atoms with Gasteiger partial charge in [-0.15, -0.1) is 0 Å². The average Bonchev–Trinajstić information content (AvgIpc) is 2.75. The number of hydrogen-bond acceptors (Lipinski definition) is 3. The Kier molecular flexibility index (Phi) is 6.37. The minimum atomic E-state index is -0.495. The molecule has 1 aliphatic rings. The lowest BCUT2D eigenvalue weighted by molar-refractivity contribution is 0.135. The zero-order valence-corrected chi connectivity index (χ0v) is 14.5. The monoisotopic (exact) mass is 356 g/mol. The molecule has 0 bridgehead atoms. The third kappa shape index (κ3) is 4.36. The molecular weight excluding hydrogens is 332 g/mol. The molecule has 1 N–H and O–H groups in total. The van der Waals surface area contributed by atoms with Crippen molar-refractivity contribution in [1.82, 2.24) is 0 Å². The normalized spacial score (nSPS) is 18.1. The summed E-state index contributed by atoms with van der Waals surface area (Å²) >= 11 is 3.45. The fourth-order valence-corrected chi connectivity index (χ4v) is 3.67. The molecule has 1 atom stereocenters. The lowest BCUT2D eigenvalue weighted by Crippen LogP contribution is -2.08. The van der Waals surface area contributed by atoms with E-state index in [1.165, 1.54) is 38.5 Å². The summed E-state index contributed by atoms with van der Waals surface area (Å²) in [5, 5.41) is 10.6. The summed E-state index contributed by atoms with van der Waals surface area (Å²) < 4.78 is 11.6. The first-order valence-corrected chi connectivity index (χ1v) is 8.54. The topological polar surface area (TPSA) is 38.7 Å². The van der Waals surface area contributed by atoms with Crippen molar-refractivity contribution in [3.8, 4) is 11.5 Å². The molecule has 1 saturated carbocycles. The highest BCUT2D eigenvalue weighted by atomic mass is 79.9. The van der Waals surface area contributed by atoms with Gasteiger partial charge in [0.05, 0.1) is 24.8 Å². The summed E-state index contributed by atoms with van der Waals surface area (Å²) in [5.41, 5.74) is 0.821. The van der Waals surface area contributed by atoms with E-state index in [1.54, 1.807) is 14.2 Å². The van der Waals surface area contributed by atoms with Gasteiger partial charge in [0.1, 0.15) is 11.5 Å². The maximum absolute atomic E-state index is 10.6. The summed E-state index contributed by atoms with van der Waals surface area (Å²) in [7, 11) is 3.27. The van der Waals surface area contributed by atoms with E-state index in [9.17, 15) is 5.11 Å². The molecule has 21 heavy (non-hydrogen) atoms. The van der Waals surface area contributed by atoms with Gasteiger partial charge in [0.25, 0.3) is 0 Å². The lowest BCUT2D eigenvalue weighted by atomic mass is 9.90. The molecule has 4 heteroatoms. The van der Waals surface area contributed by atoms with Gasteiger partial charge in [-0.3, -0.25) is 0 Å². The quantitative estimate of drug-likeness (QED) is 0.765. The first-order valence-electron chi connectivity index (χ1n) is 7.75. The van der Waals surface area contributed by atoms with Gasteiger partial charge in [-0.1, -0.05) is 38.5 Å². The summed E-state index contributed by atoms with van der Waals surface area (Å²) in [6.45, 7) is 0. The zero-order valence-electron chi connectivity index (χ0n) is 12.9. The van der Waals surface area contributed by atoms with E-state index >= 15 is 0 Å². The highest BCUT2D eigenvalue weighted by Crippen LogP contribution is 2.39. The van der Waals surface area contributed by atoms with Crippen LogP contribution in [-0.2, 0) is 0 Å². The molecule has 0 heterocycles. The van der Waals surface area contributed by atoms with Crippen molar-refractivity contribution in [2.75, 3.05) is 14.2 Å². The summed E-state index contributed by atoms with van der Waals surface area (Å²) in [6, 6.07) is 3.74. The molecule has 1 aliphatic carbocycles. The van der Waals surface area contributed by atoms with Crippen molar-refractivity contribution in [1.29, 1.82) is 0 Å². The van der Waals surface area contributed by atoms with E-state index < -0.39 is 6.10 Å². The second kappa shape index (κ2) is 8.04. The molecule has 1 aromatic carbocycles. The van der Waals surface area contributed by atoms with Crippen LogP contribution in [0.1, 0.15) is 56.6 Å². The minimum Gasteiger partial charge on any atom is -0.496 e. The zero-order chi connectivity index (χ0) is 15.2. The smallest absolute Gasteiger partial charge is 0.133 e. The Hall–Kier alpha value is -0.740. The summed E-state index contributed by atoms with van der Waals surface area (Å²) in [6.07, 6.45) is 8.02. The van der Waals surface area contributed by atoms with Crippen LogP contribution < -0.4 is 9.47 Å². The van der Waals surface area contributed by atoms with Crippen LogP contribution in [0.2, 0.25) is 0 Å². The Morgan fingerprint density at radius 3 is 2.29 bits per heavy atom. The van der Waals surface area contributed by atoms with E-state index in [0.717, 1.165) is 22.2 Å². The number of halogens is 1. The SMILES string of the molecule is COc1cc(C(O)CC2CCCCCC2)c(OC)cc1Br. The molecule has 118 valence electrons. The maximum atomic E-state index is 10.6. The molecule has 0 saturated heterocycles. The van der Waals surface area contributed by atoms with Gasteiger partial charge < -0.3 is 14.6 Å². The van der Waals surface area contributed by atoms with Crippen LogP contribution in [0, 0.1) is 5.92 Å². The molecule has 1 aromatic rings. The Bertz CT molecular complexity index is 454. The number of ether oxygens (including phenoxy) is 2. The number of hydrogen-bond donors (Lipinski definition) is 1. The molecule has 0 aliphatic heterocycles. The van der Waals surface area contributed by atoms with E-state index in [0.29, 0.717) is 11.7 Å². The van der Waals surface area contributed by atoms with Crippen molar-refractivity contribution in [3.63, 3.8) is 0 Å². The molecule has 1 fully saturated rings. The van der Waals surface area contributed by atoms with Crippen LogP contribution in [-0.4, -0.2) is 19.3 Å². The number of benzene rings is 1. The van der Waals surface area contributed by atoms with Crippen LogP contribution in [0.4, 0.5) is 0 Å². The predicted molar refractivity (Wildman–Crippen MR) is 88.0 cm³/mol. The van der Waals surface area contributed by atoms with Gasteiger partial charge in [0.2, 0.25) is 0 Å². The molecule has 3 nitrogen and oxygen atoms in total. The molecule has 0 amide bonds. The molecule has 0 radical (unpaired) electrons. The number of aliphatic hydroxyl groups is 1. The van der Waals surface area contributed by atoms with Gasteiger partial charge in [-0.25, -0.2) is 0 Å². The van der Waals surface area contributed by atoms with Crippen LogP contribution in [0.15, 0.2) is 16.6 Å². The van der Waals surface area contributed by atoms with Crippen LogP contribution in [0.25, 0.3) is 0 Å². The average molecular weight is 357 g/mol. The molecule has 0 aromatic heterocycles. The van der Waals surface area contributed by atoms with E-state index in [2.05, 4.69) is 15.9 Å². The molecule has 2 rings (SSSR count). The number of rotatable bonds is 5. The first-order chi connectivity index (χ1) is 10.2. The van der Waals surface area contributed by atoms with Gasteiger partial charge in [0.15, 0.2) is 0 Å². The van der Waals surface area contributed by atoms with Gasteiger partial charge in [-0.05, 0) is 40.4 Å². The van der Waals surface area contributed by atoms with Crippen molar-refractivity contribution in [3.05, 3.63) is 22.2 Å². The van der Waals surface area contributed by atoms with Crippen molar-refractivity contribution in [2.45, 2.75) is 51.0 Å². The third-order valence-electron chi connectivity index (χ3n) is 4.39. The minimum absolute atomic E-state index is 0.495. The second-order valence-electron chi connectivity index (χ2n) is 5.84. The highest BCUT2D eigenvalue weighted by Gasteiger charge is 2.21. The lowest BCUT2D eigenvalue weighted by Gasteiger charge is -2.21. The van der Waals surface area contributed by atoms with Crippen molar-refractivity contribution < 1.29 is 14.6 Å². The number of aliphatic hydroxyl groups excluding tert-OH is 1. The fraction of sp³-hybridized carbons (Fsp3) is 0.647. The van der Waals surface area contributed by atoms with Crippen LogP contribution >= 0.6 is 15.9 Å². The fourth-order valence-electron chi connectivity index (χ4n) is 3.19. The van der Waals surface area contributed by atoms with Gasteiger partial charge in [-0.2, -0.15) is 0 Å². The molecule has 1 unspecified atom stereocenters. The highest BCUT2D eigenvalue weighted by molar-refractivity contribution is 9.10. The second-order valence-corrected chi connectivity index (χ2v) is 6.69. The molecule has 0 spiro atoms. The predicted octanol–water partition coefficient (Wildman–Crippen LogP) is 4.86. The standard InChI is InChI=1S/C17H25BrO3/c1-20-16-11-14(18)17(21-2)10-13(16)15(19)9-12-7-5-3-4-6-8-12/h10-12,15,19H,3-9H2,1-2H3. The van der Waals surface area contributed by atoms with Gasteiger partial charge in [0, 0.05) is 5.56 Å². The van der Waals surface area contributed by atoms with E-state index in [1.807, 2.05) is 12.1 Å². The van der Waals surface area contributed by atoms with Gasteiger partial charge >= 0.3 is 0 Å². The van der Waals surface area contributed by atoms with Crippen molar-refractivity contribution >= 4 is 15.9 Å². The third-order valence-corrected chi connectivity index (χ3v) is 5.01. The van der Waals surface area contributed by atoms with E-state index in [-0.39, 0.29) is 0 Å². The maximum Gasteiger partial charge on any atom is 0.133 e. The van der Waals surface area contributed by atoms with Crippen LogP contribution in [0.3, 0.4) is 0 Å². The number of methoxy groups -OCH3 is 2. The Labute approximate surface area is 135 Å². The Morgan fingerprint density at radius 2 is 1.71 bits per heavy atom. The van der Waals surface area contributed by atoms with Crippen molar-refractivity contribution in [2.24, 2.45) is 5.92 Å². The Balaban J connectivity index is 2.14.